The normalized spacial score (nSPS) is 9.67. The van der Waals surface area contributed by atoms with E-state index in [9.17, 15) is 9.59 Å². The Morgan fingerprint density at radius 3 is 2.78 bits per heavy atom. The van der Waals surface area contributed by atoms with Crippen LogP contribution in [0.5, 0.6) is 0 Å². The van der Waals surface area contributed by atoms with Gasteiger partial charge >= 0.3 is 12.0 Å². The summed E-state index contributed by atoms with van der Waals surface area (Å²) in [5.41, 5.74) is 0.968. The van der Waals surface area contributed by atoms with Crippen LogP contribution in [0.1, 0.15) is 30.1 Å². The van der Waals surface area contributed by atoms with Gasteiger partial charge < -0.3 is 15.4 Å². The molecule has 0 heterocycles. The second-order valence-corrected chi connectivity index (χ2v) is 3.81. The quantitative estimate of drug-likeness (QED) is 0.623. The smallest absolute Gasteiger partial charge is 0.337 e. The Hall–Kier alpha value is -2.04. The fourth-order valence-corrected chi connectivity index (χ4v) is 1.40. The minimum atomic E-state index is -0.426. The van der Waals surface area contributed by atoms with Gasteiger partial charge in [0.05, 0.1) is 12.7 Å². The molecule has 2 amide bonds. The molecule has 1 aromatic rings. The second-order valence-electron chi connectivity index (χ2n) is 3.81. The van der Waals surface area contributed by atoms with Crippen LogP contribution in [0, 0.1) is 0 Å². The van der Waals surface area contributed by atoms with E-state index in [0.29, 0.717) is 17.8 Å². The highest BCUT2D eigenvalue weighted by atomic mass is 16.5. The van der Waals surface area contributed by atoms with Crippen molar-refractivity contribution in [3.05, 3.63) is 29.8 Å². The zero-order valence-corrected chi connectivity index (χ0v) is 10.7. The summed E-state index contributed by atoms with van der Waals surface area (Å²) in [6, 6.07) is 6.34. The van der Waals surface area contributed by atoms with Crippen molar-refractivity contribution in [2.24, 2.45) is 0 Å². The van der Waals surface area contributed by atoms with Gasteiger partial charge in [0.1, 0.15) is 0 Å². The summed E-state index contributed by atoms with van der Waals surface area (Å²) < 4.78 is 4.61. The maximum atomic E-state index is 11.5. The number of methoxy groups -OCH3 is 1. The number of nitrogens with one attached hydrogen (secondary N) is 2. The molecule has 5 heteroatoms. The lowest BCUT2D eigenvalue weighted by atomic mass is 10.2. The fraction of sp³-hybridized carbons (Fsp3) is 0.385. The van der Waals surface area contributed by atoms with Gasteiger partial charge in [0.2, 0.25) is 0 Å². The standard InChI is InChI=1S/C13H18N2O3/c1-3-4-8-14-13(17)15-11-7-5-6-10(9-11)12(16)18-2/h5-7,9H,3-4,8H2,1-2H3,(H2,14,15,17). The maximum Gasteiger partial charge on any atom is 0.337 e. The molecular weight excluding hydrogens is 232 g/mol. The molecule has 5 nitrogen and oxygen atoms in total. The lowest BCUT2D eigenvalue weighted by Crippen LogP contribution is -2.29. The van der Waals surface area contributed by atoms with Gasteiger partial charge in [-0.3, -0.25) is 0 Å². The number of anilines is 1. The Balaban J connectivity index is 2.56. The van der Waals surface area contributed by atoms with Crippen molar-refractivity contribution in [3.63, 3.8) is 0 Å². The SMILES string of the molecule is CCCCNC(=O)Nc1cccc(C(=O)OC)c1. The summed E-state index contributed by atoms with van der Waals surface area (Å²) in [5, 5.41) is 5.39. The lowest BCUT2D eigenvalue weighted by molar-refractivity contribution is 0.0600. The van der Waals surface area contributed by atoms with E-state index in [-0.39, 0.29) is 6.03 Å². The minimum absolute atomic E-state index is 0.273. The van der Waals surface area contributed by atoms with Crippen LogP contribution in [0.3, 0.4) is 0 Å². The van der Waals surface area contributed by atoms with Crippen LogP contribution in [-0.4, -0.2) is 25.7 Å². The number of ether oxygens (including phenoxy) is 1. The number of esters is 1. The third-order valence-corrected chi connectivity index (χ3v) is 2.36. The molecule has 0 spiro atoms. The Labute approximate surface area is 107 Å². The highest BCUT2D eigenvalue weighted by Gasteiger charge is 2.07. The zero-order valence-electron chi connectivity index (χ0n) is 10.7. The Morgan fingerprint density at radius 1 is 1.33 bits per heavy atom. The number of unbranched alkanes of at least 4 members (excludes halogenated alkanes) is 1. The average molecular weight is 250 g/mol. The van der Waals surface area contributed by atoms with E-state index >= 15 is 0 Å². The summed E-state index contributed by atoms with van der Waals surface area (Å²) in [4.78, 5) is 22.8. The van der Waals surface area contributed by atoms with E-state index in [1.807, 2.05) is 0 Å². The average Bonchev–Trinajstić information content (AvgIpc) is 2.38. The molecule has 1 aromatic carbocycles. The number of urea groups is 1. The van der Waals surface area contributed by atoms with Gasteiger partial charge in [-0.05, 0) is 24.6 Å². The zero-order chi connectivity index (χ0) is 13.4. The van der Waals surface area contributed by atoms with Crippen molar-refractivity contribution in [3.8, 4) is 0 Å². The molecule has 0 aromatic heterocycles. The van der Waals surface area contributed by atoms with Crippen LogP contribution in [0.2, 0.25) is 0 Å². The van der Waals surface area contributed by atoms with Crippen LogP contribution in [0.4, 0.5) is 10.5 Å². The molecule has 98 valence electrons. The number of rotatable bonds is 5. The first-order valence-corrected chi connectivity index (χ1v) is 5.90. The molecular formula is C13H18N2O3. The molecule has 2 N–H and O–H groups in total. The molecule has 18 heavy (non-hydrogen) atoms. The Bertz CT molecular complexity index is 418. The second kappa shape index (κ2) is 7.32. The van der Waals surface area contributed by atoms with E-state index in [4.69, 9.17) is 0 Å². The highest BCUT2D eigenvalue weighted by Crippen LogP contribution is 2.11. The van der Waals surface area contributed by atoms with Crippen molar-refractivity contribution < 1.29 is 14.3 Å². The first-order valence-electron chi connectivity index (χ1n) is 5.90. The van der Waals surface area contributed by atoms with Crippen molar-refractivity contribution in [2.75, 3.05) is 19.0 Å². The van der Waals surface area contributed by atoms with E-state index in [1.165, 1.54) is 7.11 Å². The summed E-state index contributed by atoms with van der Waals surface area (Å²) in [5.74, 6) is -0.426. The van der Waals surface area contributed by atoms with Gasteiger partial charge in [0.15, 0.2) is 0 Å². The maximum absolute atomic E-state index is 11.5. The van der Waals surface area contributed by atoms with Gasteiger partial charge in [0.25, 0.3) is 0 Å². The van der Waals surface area contributed by atoms with Crippen LogP contribution >= 0.6 is 0 Å². The molecule has 0 saturated heterocycles. The molecule has 0 atom stereocenters. The summed E-state index contributed by atoms with van der Waals surface area (Å²) in [7, 11) is 1.32. The van der Waals surface area contributed by atoms with Crippen LogP contribution < -0.4 is 10.6 Å². The van der Waals surface area contributed by atoms with Crippen LogP contribution in [-0.2, 0) is 4.74 Å². The molecule has 0 aliphatic heterocycles. The van der Waals surface area contributed by atoms with Gasteiger partial charge in [-0.25, -0.2) is 9.59 Å². The topological polar surface area (TPSA) is 67.4 Å². The largest absolute Gasteiger partial charge is 0.465 e. The number of carbonyl (C=O) groups excluding carboxylic acids is 2. The molecule has 0 radical (unpaired) electrons. The van der Waals surface area contributed by atoms with Crippen LogP contribution in [0.15, 0.2) is 24.3 Å². The van der Waals surface area contributed by atoms with Gasteiger partial charge in [-0.15, -0.1) is 0 Å². The molecule has 0 unspecified atom stereocenters. The highest BCUT2D eigenvalue weighted by molar-refractivity contribution is 5.93. The molecule has 0 aliphatic rings. The Kier molecular flexibility index (Phi) is 5.70. The first-order chi connectivity index (χ1) is 8.67. The van der Waals surface area contributed by atoms with Gasteiger partial charge in [-0.2, -0.15) is 0 Å². The fourth-order valence-electron chi connectivity index (χ4n) is 1.40. The lowest BCUT2D eigenvalue weighted by Gasteiger charge is -2.08. The number of carbonyl (C=O) groups is 2. The van der Waals surface area contributed by atoms with E-state index in [1.54, 1.807) is 24.3 Å². The van der Waals surface area contributed by atoms with Crippen molar-refractivity contribution in [1.82, 2.24) is 5.32 Å². The van der Waals surface area contributed by atoms with Gasteiger partial charge in [-0.1, -0.05) is 19.4 Å². The number of benzene rings is 1. The predicted octanol–water partition coefficient (Wildman–Crippen LogP) is 2.39. The third-order valence-electron chi connectivity index (χ3n) is 2.36. The summed E-state index contributed by atoms with van der Waals surface area (Å²) in [6.07, 6.45) is 1.97. The third kappa shape index (κ3) is 4.45. The van der Waals surface area contributed by atoms with Crippen molar-refractivity contribution in [1.29, 1.82) is 0 Å². The summed E-state index contributed by atoms with van der Waals surface area (Å²) in [6.45, 7) is 2.69. The van der Waals surface area contributed by atoms with Crippen LogP contribution in [0.25, 0.3) is 0 Å². The number of amides is 2. The van der Waals surface area contributed by atoms with Gasteiger partial charge in [0, 0.05) is 12.2 Å². The first kappa shape index (κ1) is 14.0. The van der Waals surface area contributed by atoms with Crippen molar-refractivity contribution in [2.45, 2.75) is 19.8 Å². The van der Waals surface area contributed by atoms with E-state index < -0.39 is 5.97 Å². The molecule has 1 rings (SSSR count). The number of hydrogen-bond acceptors (Lipinski definition) is 3. The van der Waals surface area contributed by atoms with Crippen molar-refractivity contribution >= 4 is 17.7 Å². The van der Waals surface area contributed by atoms with E-state index in [2.05, 4.69) is 22.3 Å². The molecule has 0 bridgehead atoms. The number of hydrogen-bond donors (Lipinski definition) is 2. The minimum Gasteiger partial charge on any atom is -0.465 e. The Morgan fingerprint density at radius 2 is 2.11 bits per heavy atom. The predicted molar refractivity (Wildman–Crippen MR) is 69.7 cm³/mol. The monoisotopic (exact) mass is 250 g/mol. The molecule has 0 fully saturated rings. The summed E-state index contributed by atoms with van der Waals surface area (Å²) >= 11 is 0. The molecule has 0 aliphatic carbocycles. The van der Waals surface area contributed by atoms with E-state index in [0.717, 1.165) is 12.8 Å². The molecule has 0 saturated carbocycles.